The van der Waals surface area contributed by atoms with Crippen LogP contribution in [0.4, 0.5) is 4.39 Å². The van der Waals surface area contributed by atoms with Crippen LogP contribution >= 0.6 is 0 Å². The fourth-order valence-electron chi connectivity index (χ4n) is 3.32. The summed E-state index contributed by atoms with van der Waals surface area (Å²) in [5.41, 5.74) is 2.99. The minimum Gasteiger partial charge on any atom is -0.340 e. The minimum atomic E-state index is -0.570. The summed E-state index contributed by atoms with van der Waals surface area (Å²) < 4.78 is 13.6. The van der Waals surface area contributed by atoms with Crippen LogP contribution in [0.15, 0.2) is 42.5 Å². The van der Waals surface area contributed by atoms with Crippen molar-refractivity contribution in [3.63, 3.8) is 0 Å². The third-order valence-electron chi connectivity index (χ3n) is 4.72. The maximum absolute atomic E-state index is 13.6. The van der Waals surface area contributed by atoms with Gasteiger partial charge in [-0.05, 0) is 42.8 Å². The van der Waals surface area contributed by atoms with E-state index in [0.717, 1.165) is 19.0 Å². The number of halogens is 1. The molecular formula is C20H20FN3O. The van der Waals surface area contributed by atoms with Crippen LogP contribution in [0.2, 0.25) is 0 Å². The zero-order valence-corrected chi connectivity index (χ0v) is 14.4. The van der Waals surface area contributed by atoms with Crippen molar-refractivity contribution in [1.82, 2.24) is 9.80 Å². The van der Waals surface area contributed by atoms with Gasteiger partial charge in [-0.15, -0.1) is 0 Å². The Balaban J connectivity index is 1.74. The molecule has 1 atom stereocenters. The molecule has 1 aliphatic rings. The number of likely N-dealkylation sites (N-methyl/N-ethyl adjacent to an activating group) is 2. The number of carbonyl (C=O) groups is 1. The topological polar surface area (TPSA) is 47.3 Å². The van der Waals surface area contributed by atoms with Crippen LogP contribution in [-0.4, -0.2) is 42.4 Å². The molecule has 1 heterocycles. The average Bonchev–Trinajstić information content (AvgIpc) is 2.61. The molecule has 1 amide bonds. The van der Waals surface area contributed by atoms with Gasteiger partial charge in [-0.3, -0.25) is 9.69 Å². The first-order valence-electron chi connectivity index (χ1n) is 8.21. The van der Waals surface area contributed by atoms with Crippen LogP contribution in [-0.2, 0) is 13.0 Å². The number of hydrogen-bond acceptors (Lipinski definition) is 3. The van der Waals surface area contributed by atoms with Crippen LogP contribution in [0.5, 0.6) is 0 Å². The smallest absolute Gasteiger partial charge is 0.253 e. The molecule has 1 aliphatic heterocycles. The van der Waals surface area contributed by atoms with Crippen molar-refractivity contribution in [2.24, 2.45) is 0 Å². The van der Waals surface area contributed by atoms with Gasteiger partial charge in [0.2, 0.25) is 0 Å². The monoisotopic (exact) mass is 337 g/mol. The van der Waals surface area contributed by atoms with E-state index in [1.54, 1.807) is 11.9 Å². The molecule has 0 bridgehead atoms. The van der Waals surface area contributed by atoms with E-state index in [1.807, 2.05) is 18.2 Å². The quantitative estimate of drug-likeness (QED) is 0.865. The molecule has 5 heteroatoms. The molecule has 0 fully saturated rings. The Morgan fingerprint density at radius 2 is 2.04 bits per heavy atom. The molecule has 0 saturated heterocycles. The van der Waals surface area contributed by atoms with Crippen molar-refractivity contribution in [2.75, 3.05) is 20.6 Å². The normalized spacial score (nSPS) is 16.8. The molecule has 0 saturated carbocycles. The zero-order valence-electron chi connectivity index (χ0n) is 14.4. The van der Waals surface area contributed by atoms with E-state index in [1.165, 1.54) is 23.3 Å². The van der Waals surface area contributed by atoms with Crippen molar-refractivity contribution in [2.45, 2.75) is 19.0 Å². The van der Waals surface area contributed by atoms with Gasteiger partial charge in [0.1, 0.15) is 5.82 Å². The highest BCUT2D eigenvalue weighted by molar-refractivity contribution is 5.94. The van der Waals surface area contributed by atoms with Gasteiger partial charge in [-0.25, -0.2) is 4.39 Å². The molecule has 128 valence electrons. The average molecular weight is 337 g/mol. The lowest BCUT2D eigenvalue weighted by molar-refractivity contribution is 0.0733. The molecule has 0 radical (unpaired) electrons. The second kappa shape index (κ2) is 7.04. The second-order valence-electron chi connectivity index (χ2n) is 6.57. The number of nitriles is 1. The number of rotatable bonds is 3. The lowest BCUT2D eigenvalue weighted by atomic mass is 9.94. The van der Waals surface area contributed by atoms with Crippen LogP contribution in [0.25, 0.3) is 0 Å². The van der Waals surface area contributed by atoms with Crippen molar-refractivity contribution < 1.29 is 9.18 Å². The molecule has 0 spiro atoms. The number of benzene rings is 2. The highest BCUT2D eigenvalue weighted by Gasteiger charge is 2.26. The van der Waals surface area contributed by atoms with Gasteiger partial charge in [0.05, 0.1) is 11.6 Å². The SMILES string of the molecule is CN(C[C@H]1Cc2ccccc2CN1C)C(=O)c1cc(F)cc(C#N)c1. The molecule has 0 aromatic heterocycles. The van der Waals surface area contributed by atoms with Gasteiger partial charge in [-0.2, -0.15) is 5.26 Å². The Labute approximate surface area is 147 Å². The Kier molecular flexibility index (Phi) is 4.82. The Hall–Kier alpha value is -2.71. The Bertz CT molecular complexity index is 843. The molecule has 25 heavy (non-hydrogen) atoms. The number of fused-ring (bicyclic) bond motifs is 1. The maximum atomic E-state index is 13.6. The number of nitrogens with zero attached hydrogens (tertiary/aromatic N) is 3. The number of amides is 1. The Morgan fingerprint density at radius 1 is 1.32 bits per heavy atom. The van der Waals surface area contributed by atoms with E-state index < -0.39 is 5.82 Å². The summed E-state index contributed by atoms with van der Waals surface area (Å²) in [7, 11) is 3.77. The maximum Gasteiger partial charge on any atom is 0.253 e. The van der Waals surface area contributed by atoms with Crippen molar-refractivity contribution >= 4 is 5.91 Å². The third-order valence-corrected chi connectivity index (χ3v) is 4.72. The summed E-state index contributed by atoms with van der Waals surface area (Å²) in [6.45, 7) is 1.39. The standard InChI is InChI=1S/C20H20FN3O/c1-23-12-16-6-4-3-5-15(16)10-19(23)13-24(2)20(25)17-7-14(11-22)8-18(21)9-17/h3-9,19H,10,12-13H2,1-2H3/t19-/m1/s1. The summed E-state index contributed by atoms with van der Waals surface area (Å²) in [4.78, 5) is 16.5. The predicted octanol–water partition coefficient (Wildman–Crippen LogP) is 2.83. The first-order valence-corrected chi connectivity index (χ1v) is 8.21. The van der Waals surface area contributed by atoms with E-state index in [4.69, 9.17) is 5.26 Å². The molecular weight excluding hydrogens is 317 g/mol. The second-order valence-corrected chi connectivity index (χ2v) is 6.57. The van der Waals surface area contributed by atoms with Crippen LogP contribution in [0.3, 0.4) is 0 Å². The van der Waals surface area contributed by atoms with Gasteiger partial charge in [-0.1, -0.05) is 24.3 Å². The number of carbonyl (C=O) groups excluding carboxylic acids is 1. The fourth-order valence-corrected chi connectivity index (χ4v) is 3.32. The lowest BCUT2D eigenvalue weighted by Crippen LogP contribution is -2.46. The lowest BCUT2D eigenvalue weighted by Gasteiger charge is -2.36. The van der Waals surface area contributed by atoms with E-state index in [0.29, 0.717) is 6.54 Å². The Morgan fingerprint density at radius 3 is 2.76 bits per heavy atom. The van der Waals surface area contributed by atoms with Crippen molar-refractivity contribution in [1.29, 1.82) is 5.26 Å². The van der Waals surface area contributed by atoms with Gasteiger partial charge in [0.15, 0.2) is 0 Å². The van der Waals surface area contributed by atoms with E-state index >= 15 is 0 Å². The first kappa shape index (κ1) is 17.1. The van der Waals surface area contributed by atoms with Gasteiger partial charge in [0.25, 0.3) is 5.91 Å². The third kappa shape index (κ3) is 3.70. The van der Waals surface area contributed by atoms with Gasteiger partial charge >= 0.3 is 0 Å². The first-order chi connectivity index (χ1) is 12.0. The highest BCUT2D eigenvalue weighted by Crippen LogP contribution is 2.22. The van der Waals surface area contributed by atoms with E-state index in [9.17, 15) is 9.18 Å². The predicted molar refractivity (Wildman–Crippen MR) is 93.5 cm³/mol. The number of hydrogen-bond donors (Lipinski definition) is 0. The van der Waals surface area contributed by atoms with Gasteiger partial charge < -0.3 is 4.90 Å². The summed E-state index contributed by atoms with van der Waals surface area (Å²) in [5, 5.41) is 8.95. The summed E-state index contributed by atoms with van der Waals surface area (Å²) in [6, 6.07) is 14.2. The molecule has 0 N–H and O–H groups in total. The minimum absolute atomic E-state index is 0.153. The van der Waals surface area contributed by atoms with E-state index in [2.05, 4.69) is 24.1 Å². The molecule has 2 aromatic rings. The fraction of sp³-hybridized carbons (Fsp3) is 0.300. The van der Waals surface area contributed by atoms with Crippen molar-refractivity contribution in [3.8, 4) is 6.07 Å². The van der Waals surface area contributed by atoms with E-state index in [-0.39, 0.29) is 23.1 Å². The van der Waals surface area contributed by atoms with Crippen LogP contribution in [0.1, 0.15) is 27.0 Å². The molecule has 3 rings (SSSR count). The van der Waals surface area contributed by atoms with Crippen LogP contribution < -0.4 is 0 Å². The van der Waals surface area contributed by atoms with Crippen molar-refractivity contribution in [3.05, 3.63) is 70.5 Å². The van der Waals surface area contributed by atoms with Crippen LogP contribution in [0, 0.1) is 17.1 Å². The summed E-state index contributed by atoms with van der Waals surface area (Å²) in [5.74, 6) is -0.845. The summed E-state index contributed by atoms with van der Waals surface area (Å²) in [6.07, 6.45) is 0.872. The molecule has 0 unspecified atom stereocenters. The zero-order chi connectivity index (χ0) is 18.0. The summed E-state index contributed by atoms with van der Waals surface area (Å²) >= 11 is 0. The largest absolute Gasteiger partial charge is 0.340 e. The highest BCUT2D eigenvalue weighted by atomic mass is 19.1. The molecule has 2 aromatic carbocycles. The molecule has 0 aliphatic carbocycles. The molecule has 4 nitrogen and oxygen atoms in total. The van der Waals surface area contributed by atoms with Gasteiger partial charge in [0, 0.05) is 31.7 Å².